The summed E-state index contributed by atoms with van der Waals surface area (Å²) in [6.07, 6.45) is 8.04. The molecule has 0 saturated carbocycles. The monoisotopic (exact) mass is 303 g/mol. The van der Waals surface area contributed by atoms with E-state index in [2.05, 4.69) is 0 Å². The van der Waals surface area contributed by atoms with Crippen LogP contribution < -0.4 is 0 Å². The van der Waals surface area contributed by atoms with Crippen molar-refractivity contribution < 1.29 is 13.9 Å². The Balaban J connectivity index is 1.48. The van der Waals surface area contributed by atoms with Gasteiger partial charge in [0.05, 0.1) is 0 Å². The van der Waals surface area contributed by atoms with Crippen LogP contribution in [0.2, 0.25) is 0 Å². The van der Waals surface area contributed by atoms with Gasteiger partial charge in [0.1, 0.15) is 11.5 Å². The van der Waals surface area contributed by atoms with Crippen molar-refractivity contribution in [2.24, 2.45) is 11.8 Å². The number of likely N-dealkylation sites (tertiary alicyclic amines) is 1. The summed E-state index contributed by atoms with van der Waals surface area (Å²) < 4.78 is 10.9. The number of amides is 1. The average Bonchev–Trinajstić information content (AvgIpc) is 2.99. The lowest BCUT2D eigenvalue weighted by atomic mass is 9.80. The lowest BCUT2D eigenvalue weighted by Gasteiger charge is -2.37. The van der Waals surface area contributed by atoms with E-state index in [1.54, 1.807) is 12.2 Å². The minimum atomic E-state index is 0.0967. The fourth-order valence-corrected chi connectivity index (χ4v) is 3.58. The van der Waals surface area contributed by atoms with Gasteiger partial charge < -0.3 is 14.1 Å². The average molecular weight is 303 g/mol. The largest absolute Gasteiger partial charge is 0.462 e. The molecule has 0 unspecified atom stereocenters. The molecule has 120 valence electrons. The Morgan fingerprint density at radius 1 is 1.14 bits per heavy atom. The number of rotatable bonds is 3. The van der Waals surface area contributed by atoms with Crippen molar-refractivity contribution in [2.45, 2.75) is 32.6 Å². The van der Waals surface area contributed by atoms with Crippen LogP contribution in [0.3, 0.4) is 0 Å². The molecule has 2 saturated heterocycles. The molecule has 1 amide bonds. The Hall–Kier alpha value is -1.55. The molecule has 0 radical (unpaired) electrons. The van der Waals surface area contributed by atoms with Gasteiger partial charge in [-0.1, -0.05) is 0 Å². The fourth-order valence-electron chi connectivity index (χ4n) is 3.58. The molecule has 0 aliphatic carbocycles. The van der Waals surface area contributed by atoms with E-state index in [1.807, 2.05) is 24.0 Å². The molecular formula is C18H25NO3. The number of carbonyl (C=O) groups excluding carboxylic acids is 1. The van der Waals surface area contributed by atoms with Crippen LogP contribution in [0, 0.1) is 18.8 Å². The molecule has 0 N–H and O–H groups in total. The zero-order valence-corrected chi connectivity index (χ0v) is 13.3. The molecule has 1 aromatic heterocycles. The molecule has 0 bridgehead atoms. The summed E-state index contributed by atoms with van der Waals surface area (Å²) >= 11 is 0. The third-order valence-corrected chi connectivity index (χ3v) is 4.94. The second kappa shape index (κ2) is 7.14. The van der Waals surface area contributed by atoms with Crippen LogP contribution >= 0.6 is 0 Å². The van der Waals surface area contributed by atoms with Gasteiger partial charge in [0, 0.05) is 32.4 Å². The van der Waals surface area contributed by atoms with Crippen LogP contribution in [0.1, 0.15) is 37.2 Å². The molecule has 0 atom stereocenters. The number of aryl methyl sites for hydroxylation is 1. The molecule has 0 aromatic carbocycles. The number of hydrogen-bond acceptors (Lipinski definition) is 3. The van der Waals surface area contributed by atoms with Crippen LogP contribution in [-0.2, 0) is 9.53 Å². The number of ether oxygens (including phenoxy) is 1. The van der Waals surface area contributed by atoms with Crippen molar-refractivity contribution in [1.82, 2.24) is 4.90 Å². The number of carbonyl (C=O) groups is 1. The van der Waals surface area contributed by atoms with Gasteiger partial charge in [0.15, 0.2) is 0 Å². The molecule has 3 rings (SSSR count). The van der Waals surface area contributed by atoms with E-state index in [9.17, 15) is 4.79 Å². The minimum Gasteiger partial charge on any atom is -0.462 e. The molecule has 2 aliphatic rings. The Morgan fingerprint density at radius 2 is 1.82 bits per heavy atom. The van der Waals surface area contributed by atoms with E-state index in [1.165, 1.54) is 12.8 Å². The first-order valence-corrected chi connectivity index (χ1v) is 8.33. The summed E-state index contributed by atoms with van der Waals surface area (Å²) in [7, 11) is 0. The van der Waals surface area contributed by atoms with Crippen molar-refractivity contribution >= 4 is 12.0 Å². The minimum absolute atomic E-state index is 0.0967. The molecule has 1 aromatic rings. The second-order valence-electron chi connectivity index (χ2n) is 6.39. The highest BCUT2D eigenvalue weighted by Crippen LogP contribution is 2.31. The van der Waals surface area contributed by atoms with Gasteiger partial charge in [-0.3, -0.25) is 4.79 Å². The maximum atomic E-state index is 12.2. The number of furan rings is 1. The van der Waals surface area contributed by atoms with Crippen molar-refractivity contribution in [3.8, 4) is 0 Å². The highest BCUT2D eigenvalue weighted by Gasteiger charge is 2.28. The quantitative estimate of drug-likeness (QED) is 0.805. The Kier molecular flexibility index (Phi) is 4.98. The third kappa shape index (κ3) is 3.80. The lowest BCUT2D eigenvalue weighted by molar-refractivity contribution is -0.127. The van der Waals surface area contributed by atoms with Crippen molar-refractivity contribution in [3.63, 3.8) is 0 Å². The van der Waals surface area contributed by atoms with Crippen LogP contribution in [0.25, 0.3) is 6.08 Å². The SMILES string of the molecule is Cc1ccc(/C=C/C(=O)N2CCC(C3CCOCC3)CC2)o1. The molecular weight excluding hydrogens is 278 g/mol. The predicted molar refractivity (Wildman–Crippen MR) is 85.3 cm³/mol. The normalized spacial score (nSPS) is 21.6. The topological polar surface area (TPSA) is 42.7 Å². The fraction of sp³-hybridized carbons (Fsp3) is 0.611. The standard InChI is InChI=1S/C18H25NO3/c1-14-2-3-17(22-14)4-5-18(20)19-10-6-15(7-11-19)16-8-12-21-13-9-16/h2-5,15-16H,6-13H2,1H3/b5-4+. The van der Waals surface area contributed by atoms with Gasteiger partial charge in [-0.25, -0.2) is 0 Å². The summed E-state index contributed by atoms with van der Waals surface area (Å²) in [5.74, 6) is 3.27. The number of nitrogens with zero attached hydrogens (tertiary/aromatic N) is 1. The van der Waals surface area contributed by atoms with Crippen LogP contribution in [-0.4, -0.2) is 37.1 Å². The van der Waals surface area contributed by atoms with E-state index in [0.29, 0.717) is 0 Å². The second-order valence-corrected chi connectivity index (χ2v) is 6.39. The van der Waals surface area contributed by atoms with Crippen LogP contribution in [0.4, 0.5) is 0 Å². The summed E-state index contributed by atoms with van der Waals surface area (Å²) in [4.78, 5) is 14.2. The first-order valence-electron chi connectivity index (χ1n) is 8.33. The first-order chi connectivity index (χ1) is 10.7. The van der Waals surface area contributed by atoms with Crippen molar-refractivity contribution in [2.75, 3.05) is 26.3 Å². The molecule has 0 spiro atoms. The van der Waals surface area contributed by atoms with E-state index < -0.39 is 0 Å². The van der Waals surface area contributed by atoms with Gasteiger partial charge in [-0.2, -0.15) is 0 Å². The highest BCUT2D eigenvalue weighted by molar-refractivity contribution is 5.91. The highest BCUT2D eigenvalue weighted by atomic mass is 16.5. The summed E-state index contributed by atoms with van der Waals surface area (Å²) in [6.45, 7) is 5.48. The maximum Gasteiger partial charge on any atom is 0.246 e. The van der Waals surface area contributed by atoms with E-state index in [-0.39, 0.29) is 5.91 Å². The summed E-state index contributed by atoms with van der Waals surface area (Å²) in [5.41, 5.74) is 0. The molecule has 3 heterocycles. The van der Waals surface area contributed by atoms with E-state index in [4.69, 9.17) is 9.15 Å². The zero-order chi connectivity index (χ0) is 15.4. The van der Waals surface area contributed by atoms with Crippen molar-refractivity contribution in [1.29, 1.82) is 0 Å². The molecule has 4 heteroatoms. The number of hydrogen-bond donors (Lipinski definition) is 0. The Labute approximate surface area is 132 Å². The van der Waals surface area contributed by atoms with Crippen molar-refractivity contribution in [3.05, 3.63) is 29.7 Å². The Bertz CT molecular complexity index is 520. The maximum absolute atomic E-state index is 12.2. The predicted octanol–water partition coefficient (Wildman–Crippen LogP) is 3.27. The molecule has 2 aliphatic heterocycles. The molecule has 22 heavy (non-hydrogen) atoms. The van der Waals surface area contributed by atoms with E-state index >= 15 is 0 Å². The first kappa shape index (κ1) is 15.3. The smallest absolute Gasteiger partial charge is 0.246 e. The van der Waals surface area contributed by atoms with Gasteiger partial charge in [0.2, 0.25) is 5.91 Å². The van der Waals surface area contributed by atoms with Gasteiger partial charge in [-0.05, 0) is 62.7 Å². The molecule has 2 fully saturated rings. The summed E-state index contributed by atoms with van der Waals surface area (Å²) in [5, 5.41) is 0. The third-order valence-electron chi connectivity index (χ3n) is 4.94. The van der Waals surface area contributed by atoms with Gasteiger partial charge in [0.25, 0.3) is 0 Å². The van der Waals surface area contributed by atoms with Gasteiger partial charge in [-0.15, -0.1) is 0 Å². The number of piperidine rings is 1. The van der Waals surface area contributed by atoms with E-state index in [0.717, 1.165) is 62.5 Å². The van der Waals surface area contributed by atoms with Crippen LogP contribution in [0.15, 0.2) is 22.6 Å². The Morgan fingerprint density at radius 3 is 2.45 bits per heavy atom. The van der Waals surface area contributed by atoms with Gasteiger partial charge >= 0.3 is 0 Å². The molecule has 4 nitrogen and oxygen atoms in total. The lowest BCUT2D eigenvalue weighted by Crippen LogP contribution is -2.40. The zero-order valence-electron chi connectivity index (χ0n) is 13.3. The van der Waals surface area contributed by atoms with Crippen LogP contribution in [0.5, 0.6) is 0 Å². The summed E-state index contributed by atoms with van der Waals surface area (Å²) in [6, 6.07) is 3.79.